The number of halogens is 1. The lowest BCUT2D eigenvalue weighted by Gasteiger charge is -2.20. The van der Waals surface area contributed by atoms with E-state index in [1.165, 1.54) is 6.07 Å². The summed E-state index contributed by atoms with van der Waals surface area (Å²) in [5, 5.41) is 7.24. The van der Waals surface area contributed by atoms with Gasteiger partial charge in [0.15, 0.2) is 5.82 Å². The third-order valence-corrected chi connectivity index (χ3v) is 6.99. The van der Waals surface area contributed by atoms with Crippen LogP contribution in [0.1, 0.15) is 16.8 Å². The maximum absolute atomic E-state index is 13.8. The second kappa shape index (κ2) is 8.47. The zero-order chi connectivity index (χ0) is 23.1. The lowest BCUT2D eigenvalue weighted by Crippen LogP contribution is -2.18. The van der Waals surface area contributed by atoms with Crippen LogP contribution in [0.25, 0.3) is 32.6 Å². The molecular formula is C28H20FN3OS. The van der Waals surface area contributed by atoms with E-state index in [4.69, 9.17) is 9.97 Å². The maximum atomic E-state index is 13.8. The van der Waals surface area contributed by atoms with Gasteiger partial charge in [0.25, 0.3) is 0 Å². The van der Waals surface area contributed by atoms with Gasteiger partial charge in [-0.3, -0.25) is 4.79 Å². The summed E-state index contributed by atoms with van der Waals surface area (Å²) in [6.45, 7) is 0. The number of nitrogens with one attached hydrogen (secondary N) is 1. The minimum atomic E-state index is -0.244. The highest BCUT2D eigenvalue weighted by molar-refractivity contribution is 7.13. The van der Waals surface area contributed by atoms with Crippen LogP contribution < -0.4 is 5.32 Å². The molecule has 34 heavy (non-hydrogen) atoms. The Bertz CT molecular complexity index is 1550. The zero-order valence-electron chi connectivity index (χ0n) is 18.2. The quantitative estimate of drug-likeness (QED) is 0.332. The Morgan fingerprint density at radius 1 is 0.912 bits per heavy atom. The molecule has 0 spiro atoms. The summed E-state index contributed by atoms with van der Waals surface area (Å²) >= 11 is 1.54. The Morgan fingerprint density at radius 2 is 1.79 bits per heavy atom. The highest BCUT2D eigenvalue weighted by atomic mass is 32.1. The van der Waals surface area contributed by atoms with E-state index >= 15 is 0 Å². The van der Waals surface area contributed by atoms with Crippen LogP contribution in [-0.4, -0.2) is 15.9 Å². The van der Waals surface area contributed by atoms with E-state index in [0.717, 1.165) is 43.7 Å². The van der Waals surface area contributed by atoms with Gasteiger partial charge < -0.3 is 5.32 Å². The number of carbonyl (C=O) groups excluding carboxylic acids is 1. The molecule has 1 N–H and O–H groups in total. The molecule has 0 unspecified atom stereocenters. The van der Waals surface area contributed by atoms with Crippen molar-refractivity contribution in [3.05, 3.63) is 101 Å². The second-order valence-electron chi connectivity index (χ2n) is 8.40. The van der Waals surface area contributed by atoms with Gasteiger partial charge in [0, 0.05) is 5.56 Å². The van der Waals surface area contributed by atoms with Crippen molar-refractivity contribution in [2.75, 3.05) is 5.32 Å². The Morgan fingerprint density at radius 3 is 2.65 bits per heavy atom. The Balaban J connectivity index is 1.35. The number of fused-ring (bicyclic) bond motifs is 4. The summed E-state index contributed by atoms with van der Waals surface area (Å²) in [5.74, 6) is 0.0874. The monoisotopic (exact) mass is 465 g/mol. The van der Waals surface area contributed by atoms with Gasteiger partial charge in [-0.1, -0.05) is 48.5 Å². The number of anilines is 1. The van der Waals surface area contributed by atoms with Gasteiger partial charge in [0.1, 0.15) is 11.5 Å². The first-order valence-corrected chi connectivity index (χ1v) is 12.0. The molecule has 0 saturated heterocycles. The summed E-state index contributed by atoms with van der Waals surface area (Å²) in [6.07, 6.45) is 1.59. The molecular weight excluding hydrogens is 445 g/mol. The fraction of sp³-hybridized carbons (Fsp3) is 0.107. The van der Waals surface area contributed by atoms with E-state index in [1.54, 1.807) is 23.5 Å². The molecule has 0 saturated carbocycles. The average molecular weight is 466 g/mol. The van der Waals surface area contributed by atoms with Crippen LogP contribution in [0.2, 0.25) is 0 Å². The molecule has 1 aliphatic carbocycles. The van der Waals surface area contributed by atoms with E-state index in [-0.39, 0.29) is 18.1 Å². The van der Waals surface area contributed by atoms with Gasteiger partial charge in [-0.25, -0.2) is 14.4 Å². The number of benzene rings is 3. The normalized spacial score (nSPS) is 12.3. The Hall–Kier alpha value is -3.90. The standard InChI is InChI=1S/C28H20FN3OS/c29-21-10-11-22-20(16-21)9-12-23-26(22)32-27(24-6-3-13-34-24)28(30-23)31-25(33)15-17-7-8-18-4-1-2-5-19(18)14-17/h1-8,10-11,13-14,16H,9,12,15H2,(H,30,31,33). The SMILES string of the molecule is O=C(Cc1ccc2ccccc2c1)Nc1nc2c(nc1-c1cccs1)-c1ccc(F)cc1CC2. The molecule has 1 aliphatic rings. The number of rotatable bonds is 4. The molecule has 5 aromatic rings. The molecule has 6 heteroatoms. The largest absolute Gasteiger partial charge is 0.309 e. The van der Waals surface area contributed by atoms with Crippen LogP contribution in [0, 0.1) is 5.82 Å². The van der Waals surface area contributed by atoms with Crippen LogP contribution in [-0.2, 0) is 24.1 Å². The zero-order valence-corrected chi connectivity index (χ0v) is 19.0. The summed E-state index contributed by atoms with van der Waals surface area (Å²) in [6, 6.07) is 22.9. The van der Waals surface area contributed by atoms with Crippen LogP contribution in [0.15, 0.2) is 78.2 Å². The number of hydrogen-bond acceptors (Lipinski definition) is 4. The number of aryl methyl sites for hydroxylation is 2. The number of hydrogen-bond donors (Lipinski definition) is 1. The van der Waals surface area contributed by atoms with E-state index in [0.29, 0.717) is 24.4 Å². The third-order valence-electron chi connectivity index (χ3n) is 6.11. The van der Waals surface area contributed by atoms with Crippen molar-refractivity contribution in [3.63, 3.8) is 0 Å². The van der Waals surface area contributed by atoms with Crippen molar-refractivity contribution in [2.45, 2.75) is 19.3 Å². The molecule has 0 radical (unpaired) electrons. The van der Waals surface area contributed by atoms with Crippen molar-refractivity contribution >= 4 is 33.8 Å². The van der Waals surface area contributed by atoms with Crippen molar-refractivity contribution < 1.29 is 9.18 Å². The number of carbonyl (C=O) groups is 1. The smallest absolute Gasteiger partial charge is 0.230 e. The van der Waals surface area contributed by atoms with Crippen molar-refractivity contribution in [3.8, 4) is 21.8 Å². The molecule has 2 aromatic heterocycles. The fourth-order valence-corrected chi connectivity index (χ4v) is 5.21. The fourth-order valence-electron chi connectivity index (χ4n) is 4.50. The van der Waals surface area contributed by atoms with E-state index < -0.39 is 0 Å². The molecule has 0 aliphatic heterocycles. The lowest BCUT2D eigenvalue weighted by molar-refractivity contribution is -0.115. The van der Waals surface area contributed by atoms with Gasteiger partial charge in [-0.15, -0.1) is 11.3 Å². The molecule has 166 valence electrons. The van der Waals surface area contributed by atoms with E-state index in [1.807, 2.05) is 53.9 Å². The maximum Gasteiger partial charge on any atom is 0.230 e. The van der Waals surface area contributed by atoms with Gasteiger partial charge >= 0.3 is 0 Å². The second-order valence-corrected chi connectivity index (χ2v) is 9.35. The van der Waals surface area contributed by atoms with Crippen LogP contribution in [0.3, 0.4) is 0 Å². The summed E-state index contributed by atoms with van der Waals surface area (Å²) < 4.78 is 13.8. The third kappa shape index (κ3) is 3.86. The highest BCUT2D eigenvalue weighted by Crippen LogP contribution is 2.37. The average Bonchev–Trinajstić information content (AvgIpc) is 3.38. The molecule has 6 rings (SSSR count). The lowest BCUT2D eigenvalue weighted by atomic mass is 9.91. The number of nitrogens with zero attached hydrogens (tertiary/aromatic N) is 2. The van der Waals surface area contributed by atoms with E-state index in [2.05, 4.69) is 11.4 Å². The van der Waals surface area contributed by atoms with Crippen molar-refractivity contribution in [2.24, 2.45) is 0 Å². The minimum absolute atomic E-state index is 0.138. The molecule has 0 fully saturated rings. The molecule has 0 bridgehead atoms. The summed E-state index contributed by atoms with van der Waals surface area (Å²) in [4.78, 5) is 23.7. The highest BCUT2D eigenvalue weighted by Gasteiger charge is 2.24. The summed E-state index contributed by atoms with van der Waals surface area (Å²) in [5.41, 5.74) is 5.00. The topological polar surface area (TPSA) is 54.9 Å². The predicted molar refractivity (Wildman–Crippen MR) is 134 cm³/mol. The van der Waals surface area contributed by atoms with Gasteiger partial charge in [-0.05, 0) is 64.4 Å². The first-order valence-electron chi connectivity index (χ1n) is 11.2. The first-order chi connectivity index (χ1) is 16.6. The molecule has 0 atom stereocenters. The summed E-state index contributed by atoms with van der Waals surface area (Å²) in [7, 11) is 0. The van der Waals surface area contributed by atoms with Crippen LogP contribution in [0.4, 0.5) is 10.2 Å². The first kappa shape index (κ1) is 20.7. The van der Waals surface area contributed by atoms with Crippen LogP contribution in [0.5, 0.6) is 0 Å². The van der Waals surface area contributed by atoms with Crippen molar-refractivity contribution in [1.29, 1.82) is 0 Å². The number of amides is 1. The number of aromatic nitrogens is 2. The van der Waals surface area contributed by atoms with Gasteiger partial charge in [-0.2, -0.15) is 0 Å². The predicted octanol–water partition coefficient (Wildman–Crippen LogP) is 6.44. The number of thiophene rings is 1. The van der Waals surface area contributed by atoms with E-state index in [9.17, 15) is 9.18 Å². The van der Waals surface area contributed by atoms with Crippen molar-refractivity contribution in [1.82, 2.24) is 9.97 Å². The molecule has 1 amide bonds. The Labute approximate surface area is 200 Å². The minimum Gasteiger partial charge on any atom is -0.309 e. The van der Waals surface area contributed by atoms with Gasteiger partial charge in [0.2, 0.25) is 5.91 Å². The Kier molecular flexibility index (Phi) is 5.15. The van der Waals surface area contributed by atoms with Crippen LogP contribution >= 0.6 is 11.3 Å². The molecule has 2 heterocycles. The molecule has 3 aromatic carbocycles. The molecule has 4 nitrogen and oxygen atoms in total. The van der Waals surface area contributed by atoms with Gasteiger partial charge in [0.05, 0.1) is 22.7 Å².